The highest BCUT2D eigenvalue weighted by Gasteiger charge is 2.44. The molecular formula is C23H28F6O3Si. The van der Waals surface area contributed by atoms with Crippen LogP contribution >= 0.6 is 0 Å². The maximum absolute atomic E-state index is 13.2. The molecule has 0 heterocycles. The molecule has 3 nitrogen and oxygen atoms in total. The van der Waals surface area contributed by atoms with Gasteiger partial charge >= 0.3 is 21.2 Å². The SMILES string of the molecule is CCCO[Si](OCCC)(OCCC)c1ccc(-c2cc(C(F)(F)F)cc(C(F)(F)F)c2)cc1. The summed E-state index contributed by atoms with van der Waals surface area (Å²) in [7, 11) is -3.30. The lowest BCUT2D eigenvalue weighted by Gasteiger charge is -2.30. The van der Waals surface area contributed by atoms with E-state index in [0.717, 1.165) is 19.3 Å². The number of alkyl halides is 6. The van der Waals surface area contributed by atoms with E-state index in [-0.39, 0.29) is 17.2 Å². The molecule has 184 valence electrons. The Morgan fingerprint density at radius 3 is 1.33 bits per heavy atom. The maximum atomic E-state index is 13.2. The van der Waals surface area contributed by atoms with E-state index in [1.807, 2.05) is 20.8 Å². The minimum atomic E-state index is -4.91. The Morgan fingerprint density at radius 2 is 1.00 bits per heavy atom. The number of rotatable bonds is 11. The molecule has 2 aromatic rings. The Hall–Kier alpha value is -1.88. The van der Waals surface area contributed by atoms with Gasteiger partial charge in [-0.2, -0.15) is 26.3 Å². The van der Waals surface area contributed by atoms with Crippen molar-refractivity contribution in [3.05, 3.63) is 53.6 Å². The highest BCUT2D eigenvalue weighted by molar-refractivity contribution is 6.75. The minimum Gasteiger partial charge on any atom is -0.370 e. The van der Waals surface area contributed by atoms with Gasteiger partial charge < -0.3 is 13.3 Å². The van der Waals surface area contributed by atoms with E-state index in [9.17, 15) is 26.3 Å². The monoisotopic (exact) mass is 494 g/mol. The molecule has 0 aliphatic carbocycles. The van der Waals surface area contributed by atoms with Gasteiger partial charge in [0.25, 0.3) is 0 Å². The van der Waals surface area contributed by atoms with E-state index in [1.165, 1.54) is 12.1 Å². The Kier molecular flexibility index (Phi) is 9.54. The second-order valence-corrected chi connectivity index (χ2v) is 10.0. The average molecular weight is 495 g/mol. The van der Waals surface area contributed by atoms with Crippen LogP contribution in [-0.2, 0) is 25.6 Å². The smallest absolute Gasteiger partial charge is 0.370 e. The van der Waals surface area contributed by atoms with Gasteiger partial charge in [-0.25, -0.2) is 0 Å². The summed E-state index contributed by atoms with van der Waals surface area (Å²) >= 11 is 0. The zero-order valence-electron chi connectivity index (χ0n) is 18.8. The topological polar surface area (TPSA) is 27.7 Å². The van der Waals surface area contributed by atoms with Gasteiger partial charge in [0.05, 0.1) is 11.1 Å². The van der Waals surface area contributed by atoms with Crippen LogP contribution < -0.4 is 5.19 Å². The Balaban J connectivity index is 2.52. The molecule has 0 saturated carbocycles. The molecule has 0 bridgehead atoms. The van der Waals surface area contributed by atoms with Gasteiger partial charge in [-0.05, 0) is 48.6 Å². The van der Waals surface area contributed by atoms with Gasteiger partial charge in [-0.3, -0.25) is 0 Å². The van der Waals surface area contributed by atoms with Crippen LogP contribution in [0.4, 0.5) is 26.3 Å². The van der Waals surface area contributed by atoms with Crippen LogP contribution in [0, 0.1) is 0 Å². The van der Waals surface area contributed by atoms with Crippen molar-refractivity contribution in [1.82, 2.24) is 0 Å². The van der Waals surface area contributed by atoms with Crippen molar-refractivity contribution < 1.29 is 39.6 Å². The predicted octanol–water partition coefficient (Wildman–Crippen LogP) is 6.82. The molecule has 10 heteroatoms. The van der Waals surface area contributed by atoms with E-state index in [1.54, 1.807) is 12.1 Å². The van der Waals surface area contributed by atoms with Crippen LogP contribution in [0.3, 0.4) is 0 Å². The second-order valence-electron chi connectivity index (χ2n) is 7.47. The van der Waals surface area contributed by atoms with E-state index in [0.29, 0.717) is 37.1 Å². The van der Waals surface area contributed by atoms with E-state index < -0.39 is 32.3 Å². The molecule has 0 aromatic heterocycles. The molecule has 0 spiro atoms. The lowest BCUT2D eigenvalue weighted by atomic mass is 9.99. The van der Waals surface area contributed by atoms with Crippen LogP contribution in [0.2, 0.25) is 0 Å². The van der Waals surface area contributed by atoms with Gasteiger partial charge in [-0.15, -0.1) is 0 Å². The molecule has 0 unspecified atom stereocenters. The minimum absolute atomic E-state index is 0.117. The van der Waals surface area contributed by atoms with Crippen molar-refractivity contribution in [2.75, 3.05) is 19.8 Å². The number of benzene rings is 2. The first-order valence-corrected chi connectivity index (χ1v) is 12.5. The molecule has 0 fully saturated rings. The first-order chi connectivity index (χ1) is 15.5. The van der Waals surface area contributed by atoms with Gasteiger partial charge in [0.1, 0.15) is 0 Å². The van der Waals surface area contributed by atoms with Crippen molar-refractivity contribution >= 4 is 14.0 Å². The van der Waals surface area contributed by atoms with Gasteiger partial charge in [0, 0.05) is 25.0 Å². The quantitative estimate of drug-likeness (QED) is 0.254. The highest BCUT2D eigenvalue weighted by Crippen LogP contribution is 2.38. The zero-order chi connectivity index (χ0) is 24.7. The maximum Gasteiger partial charge on any atom is 0.537 e. The van der Waals surface area contributed by atoms with Crippen LogP contribution in [0.5, 0.6) is 0 Å². The Morgan fingerprint density at radius 1 is 0.606 bits per heavy atom. The van der Waals surface area contributed by atoms with Crippen molar-refractivity contribution in [3.63, 3.8) is 0 Å². The summed E-state index contributed by atoms with van der Waals surface area (Å²) in [6, 6.07) is 7.66. The van der Waals surface area contributed by atoms with Gasteiger partial charge in [0.2, 0.25) is 0 Å². The predicted molar refractivity (Wildman–Crippen MR) is 116 cm³/mol. The van der Waals surface area contributed by atoms with Crippen LogP contribution in [0.1, 0.15) is 51.2 Å². The standard InChI is InChI=1S/C23H28F6O3Si/c1-4-11-30-33(31-12-5-2,32-13-6-3)21-9-7-17(8-10-21)18-14-19(22(24,25)26)16-20(15-18)23(27,28)29/h7-10,14-16H,4-6,11-13H2,1-3H3. The lowest BCUT2D eigenvalue weighted by Crippen LogP contribution is -2.57. The van der Waals surface area contributed by atoms with Crippen molar-refractivity contribution in [2.24, 2.45) is 0 Å². The summed E-state index contributed by atoms with van der Waals surface area (Å²) < 4.78 is 97.4. The van der Waals surface area contributed by atoms with Crippen LogP contribution in [0.25, 0.3) is 11.1 Å². The third kappa shape index (κ3) is 7.30. The molecular weight excluding hydrogens is 466 g/mol. The molecule has 0 radical (unpaired) electrons. The molecule has 2 rings (SSSR count). The van der Waals surface area contributed by atoms with Crippen LogP contribution in [0.15, 0.2) is 42.5 Å². The summed E-state index contributed by atoms with van der Waals surface area (Å²) in [5.74, 6) is 0. The van der Waals surface area contributed by atoms with Gasteiger partial charge in [-0.1, -0.05) is 45.0 Å². The second kappa shape index (κ2) is 11.5. The summed E-state index contributed by atoms with van der Waals surface area (Å²) in [5, 5.41) is 0.602. The molecule has 0 amide bonds. The Labute approximate surface area is 191 Å². The lowest BCUT2D eigenvalue weighted by molar-refractivity contribution is -0.143. The molecule has 0 N–H and O–H groups in total. The number of hydrogen-bond acceptors (Lipinski definition) is 3. The third-order valence-electron chi connectivity index (χ3n) is 4.65. The van der Waals surface area contributed by atoms with E-state index in [4.69, 9.17) is 13.3 Å². The molecule has 0 aliphatic heterocycles. The normalized spacial score (nSPS) is 12.9. The van der Waals surface area contributed by atoms with Crippen molar-refractivity contribution in [3.8, 4) is 11.1 Å². The fourth-order valence-corrected chi connectivity index (χ4v) is 5.82. The average Bonchev–Trinajstić information content (AvgIpc) is 2.77. The summed E-state index contributed by atoms with van der Waals surface area (Å²) in [4.78, 5) is 0. The largest absolute Gasteiger partial charge is 0.537 e. The summed E-state index contributed by atoms with van der Waals surface area (Å²) in [5.41, 5.74) is -2.69. The van der Waals surface area contributed by atoms with Crippen LogP contribution in [-0.4, -0.2) is 28.6 Å². The van der Waals surface area contributed by atoms with Gasteiger partial charge in [0.15, 0.2) is 0 Å². The number of halogens is 6. The first kappa shape index (κ1) is 27.4. The fraction of sp³-hybridized carbons (Fsp3) is 0.478. The molecule has 2 aromatic carbocycles. The summed E-state index contributed by atoms with van der Waals surface area (Å²) in [6.07, 6.45) is -7.64. The third-order valence-corrected chi connectivity index (χ3v) is 7.44. The van der Waals surface area contributed by atoms with E-state index in [2.05, 4.69) is 0 Å². The molecule has 0 aliphatic rings. The number of hydrogen-bond donors (Lipinski definition) is 0. The van der Waals surface area contributed by atoms with Crippen molar-refractivity contribution in [1.29, 1.82) is 0 Å². The molecule has 0 saturated heterocycles. The van der Waals surface area contributed by atoms with Crippen molar-refractivity contribution in [2.45, 2.75) is 52.4 Å². The molecule has 0 atom stereocenters. The zero-order valence-corrected chi connectivity index (χ0v) is 19.8. The van der Waals surface area contributed by atoms with E-state index >= 15 is 0 Å². The fourth-order valence-electron chi connectivity index (χ4n) is 3.07. The highest BCUT2D eigenvalue weighted by atomic mass is 28.4. The Bertz CT molecular complexity index is 827. The summed E-state index contributed by atoms with van der Waals surface area (Å²) in [6.45, 7) is 6.99. The molecule has 33 heavy (non-hydrogen) atoms. The first-order valence-electron chi connectivity index (χ1n) is 10.8.